The van der Waals surface area contributed by atoms with E-state index < -0.39 is 0 Å². The van der Waals surface area contributed by atoms with E-state index in [-0.39, 0.29) is 18.0 Å². The van der Waals surface area contributed by atoms with Gasteiger partial charge in [0, 0.05) is 38.3 Å². The summed E-state index contributed by atoms with van der Waals surface area (Å²) in [5.74, 6) is 0.772. The van der Waals surface area contributed by atoms with E-state index >= 15 is 0 Å². The number of rotatable bonds is 6. The molecule has 1 unspecified atom stereocenters. The first-order valence-electron chi connectivity index (χ1n) is 10.9. The van der Waals surface area contributed by atoms with Crippen LogP contribution in [0.2, 0.25) is 0 Å². The standard InChI is InChI=1S/C25H30N2O4/c1-17-4-5-20(15-23(17)30-3)16-24(28)27-12-10-26(11-13-27)9-8-19-6-7-21-22(14-19)18(2)31-25(21)29/h4-7,14-15,18H,8-13,16H2,1-3H3. The van der Waals surface area contributed by atoms with Crippen LogP contribution >= 0.6 is 0 Å². The zero-order valence-corrected chi connectivity index (χ0v) is 18.5. The summed E-state index contributed by atoms with van der Waals surface area (Å²) < 4.78 is 10.7. The highest BCUT2D eigenvalue weighted by atomic mass is 16.5. The lowest BCUT2D eigenvalue weighted by atomic mass is 10.0. The van der Waals surface area contributed by atoms with Crippen LogP contribution in [-0.2, 0) is 22.4 Å². The van der Waals surface area contributed by atoms with Gasteiger partial charge in [-0.3, -0.25) is 9.69 Å². The number of carbonyl (C=O) groups excluding carboxylic acids is 2. The van der Waals surface area contributed by atoms with Gasteiger partial charge in [0.25, 0.3) is 0 Å². The molecule has 0 bridgehead atoms. The summed E-state index contributed by atoms with van der Waals surface area (Å²) in [5, 5.41) is 0. The number of hydrogen-bond donors (Lipinski definition) is 0. The summed E-state index contributed by atoms with van der Waals surface area (Å²) in [6.07, 6.45) is 1.17. The van der Waals surface area contributed by atoms with Crippen molar-refractivity contribution in [2.45, 2.75) is 32.8 Å². The largest absolute Gasteiger partial charge is 0.496 e. The molecule has 2 aromatic carbocycles. The van der Waals surface area contributed by atoms with E-state index in [0.29, 0.717) is 12.0 Å². The normalized spacial score (nSPS) is 18.6. The van der Waals surface area contributed by atoms with Gasteiger partial charge in [0.1, 0.15) is 11.9 Å². The number of methoxy groups -OCH3 is 1. The SMILES string of the molecule is COc1cc(CC(=O)N2CCN(CCc3ccc4c(c3)C(C)OC4=O)CC2)ccc1C. The zero-order chi connectivity index (χ0) is 22.0. The highest BCUT2D eigenvalue weighted by Crippen LogP contribution is 2.30. The van der Waals surface area contributed by atoms with Crippen molar-refractivity contribution in [1.82, 2.24) is 9.80 Å². The van der Waals surface area contributed by atoms with E-state index in [1.807, 2.05) is 49.1 Å². The monoisotopic (exact) mass is 422 g/mol. The van der Waals surface area contributed by atoms with Gasteiger partial charge in [-0.15, -0.1) is 0 Å². The number of aryl methyl sites for hydroxylation is 1. The van der Waals surface area contributed by atoms with Crippen molar-refractivity contribution in [3.63, 3.8) is 0 Å². The number of amides is 1. The van der Waals surface area contributed by atoms with Gasteiger partial charge < -0.3 is 14.4 Å². The summed E-state index contributed by atoms with van der Waals surface area (Å²) in [5.41, 5.74) is 4.96. The van der Waals surface area contributed by atoms with Gasteiger partial charge in [-0.25, -0.2) is 4.79 Å². The molecule has 6 heteroatoms. The maximum absolute atomic E-state index is 12.7. The maximum Gasteiger partial charge on any atom is 0.339 e. The molecule has 2 aliphatic rings. The molecule has 1 fully saturated rings. The third-order valence-corrected chi connectivity index (χ3v) is 6.33. The van der Waals surface area contributed by atoms with Crippen LogP contribution in [0, 0.1) is 6.92 Å². The summed E-state index contributed by atoms with van der Waals surface area (Å²) in [4.78, 5) is 28.9. The molecule has 6 nitrogen and oxygen atoms in total. The average Bonchev–Trinajstić information content (AvgIpc) is 3.07. The molecule has 2 aliphatic heterocycles. The maximum atomic E-state index is 12.7. The third kappa shape index (κ3) is 4.74. The van der Waals surface area contributed by atoms with Crippen LogP contribution < -0.4 is 4.74 Å². The van der Waals surface area contributed by atoms with Crippen molar-refractivity contribution in [2.75, 3.05) is 39.8 Å². The summed E-state index contributed by atoms with van der Waals surface area (Å²) >= 11 is 0. The lowest BCUT2D eigenvalue weighted by molar-refractivity contribution is -0.132. The van der Waals surface area contributed by atoms with Gasteiger partial charge >= 0.3 is 5.97 Å². The number of hydrogen-bond acceptors (Lipinski definition) is 5. The Morgan fingerprint density at radius 2 is 1.84 bits per heavy atom. The number of cyclic esters (lactones) is 1. The van der Waals surface area contributed by atoms with Crippen LogP contribution in [0.4, 0.5) is 0 Å². The molecule has 1 saturated heterocycles. The first kappa shape index (κ1) is 21.4. The van der Waals surface area contributed by atoms with E-state index in [0.717, 1.165) is 61.6 Å². The minimum atomic E-state index is -0.223. The van der Waals surface area contributed by atoms with Crippen LogP contribution in [0.1, 0.15) is 45.6 Å². The summed E-state index contributed by atoms with van der Waals surface area (Å²) in [6.45, 7) is 8.13. The van der Waals surface area contributed by atoms with Gasteiger partial charge in [0.05, 0.1) is 19.1 Å². The Labute approximate surface area is 183 Å². The molecule has 0 radical (unpaired) electrons. The Balaban J connectivity index is 1.26. The van der Waals surface area contributed by atoms with E-state index in [1.165, 1.54) is 5.56 Å². The van der Waals surface area contributed by atoms with Gasteiger partial charge in [0.15, 0.2) is 0 Å². The van der Waals surface area contributed by atoms with Crippen LogP contribution in [0.3, 0.4) is 0 Å². The second-order valence-electron chi connectivity index (χ2n) is 8.42. The molecule has 0 aromatic heterocycles. The molecular weight excluding hydrogens is 392 g/mol. The zero-order valence-electron chi connectivity index (χ0n) is 18.5. The summed E-state index contributed by atoms with van der Waals surface area (Å²) in [7, 11) is 1.66. The van der Waals surface area contributed by atoms with Crippen molar-refractivity contribution >= 4 is 11.9 Å². The fourth-order valence-corrected chi connectivity index (χ4v) is 4.35. The Hall–Kier alpha value is -2.86. The highest BCUT2D eigenvalue weighted by Gasteiger charge is 2.28. The van der Waals surface area contributed by atoms with Crippen molar-refractivity contribution < 1.29 is 19.1 Å². The highest BCUT2D eigenvalue weighted by molar-refractivity contribution is 5.94. The van der Waals surface area contributed by atoms with Gasteiger partial charge in [-0.05, 0) is 49.1 Å². The molecule has 0 saturated carbocycles. The second kappa shape index (κ2) is 9.10. The number of esters is 1. The van der Waals surface area contributed by atoms with Gasteiger partial charge in [-0.1, -0.05) is 24.3 Å². The molecular formula is C25H30N2O4. The Morgan fingerprint density at radius 3 is 2.58 bits per heavy atom. The first-order valence-corrected chi connectivity index (χ1v) is 10.9. The smallest absolute Gasteiger partial charge is 0.339 e. The first-order chi connectivity index (χ1) is 14.9. The predicted octanol–water partition coefficient (Wildman–Crippen LogP) is 3.16. The second-order valence-corrected chi connectivity index (χ2v) is 8.42. The third-order valence-electron chi connectivity index (χ3n) is 6.33. The van der Waals surface area contributed by atoms with E-state index in [2.05, 4.69) is 11.0 Å². The van der Waals surface area contributed by atoms with Crippen LogP contribution in [0.25, 0.3) is 0 Å². The van der Waals surface area contributed by atoms with E-state index in [9.17, 15) is 9.59 Å². The fraction of sp³-hybridized carbons (Fsp3) is 0.440. The molecule has 0 N–H and O–H groups in total. The minimum Gasteiger partial charge on any atom is -0.496 e. The summed E-state index contributed by atoms with van der Waals surface area (Å²) in [6, 6.07) is 12.0. The molecule has 2 aromatic rings. The minimum absolute atomic E-state index is 0.162. The molecule has 0 spiro atoms. The number of benzene rings is 2. The average molecular weight is 423 g/mol. The van der Waals surface area contributed by atoms with Crippen molar-refractivity contribution in [1.29, 1.82) is 0 Å². The lowest BCUT2D eigenvalue weighted by Crippen LogP contribution is -2.49. The van der Waals surface area contributed by atoms with Crippen molar-refractivity contribution in [3.05, 3.63) is 64.2 Å². The quantitative estimate of drug-likeness (QED) is 0.670. The number of fused-ring (bicyclic) bond motifs is 1. The van der Waals surface area contributed by atoms with Crippen LogP contribution in [0.5, 0.6) is 5.75 Å². The molecule has 4 rings (SSSR count). The number of nitrogens with zero attached hydrogens (tertiary/aromatic N) is 2. The van der Waals surface area contributed by atoms with Gasteiger partial charge in [0.2, 0.25) is 5.91 Å². The topological polar surface area (TPSA) is 59.1 Å². The molecule has 1 amide bonds. The molecule has 0 aliphatic carbocycles. The molecule has 31 heavy (non-hydrogen) atoms. The molecule has 164 valence electrons. The Morgan fingerprint density at radius 1 is 1.10 bits per heavy atom. The van der Waals surface area contributed by atoms with Crippen LogP contribution in [0.15, 0.2) is 36.4 Å². The van der Waals surface area contributed by atoms with Crippen LogP contribution in [-0.4, -0.2) is 61.5 Å². The molecule has 1 atom stereocenters. The predicted molar refractivity (Wildman–Crippen MR) is 118 cm³/mol. The van der Waals surface area contributed by atoms with E-state index in [1.54, 1.807) is 7.11 Å². The number of piperazine rings is 1. The number of carbonyl (C=O) groups is 2. The Kier molecular flexibility index (Phi) is 6.28. The number of ether oxygens (including phenoxy) is 2. The van der Waals surface area contributed by atoms with E-state index in [4.69, 9.17) is 9.47 Å². The van der Waals surface area contributed by atoms with Crippen molar-refractivity contribution in [2.24, 2.45) is 0 Å². The Bertz CT molecular complexity index is 979. The fourth-order valence-electron chi connectivity index (χ4n) is 4.35. The molecule has 2 heterocycles. The van der Waals surface area contributed by atoms with Crippen molar-refractivity contribution in [3.8, 4) is 5.75 Å². The van der Waals surface area contributed by atoms with Gasteiger partial charge in [-0.2, -0.15) is 0 Å². The lowest BCUT2D eigenvalue weighted by Gasteiger charge is -2.35.